The molecule has 4 nitrogen and oxygen atoms in total. The largest absolute Gasteiger partial charge is 0.294 e. The van der Waals surface area contributed by atoms with Crippen LogP contribution in [0.25, 0.3) is 0 Å². The summed E-state index contributed by atoms with van der Waals surface area (Å²) in [5.74, 6) is -0.0305. The van der Waals surface area contributed by atoms with Gasteiger partial charge in [-0.1, -0.05) is 30.7 Å². The van der Waals surface area contributed by atoms with E-state index in [1.807, 2.05) is 19.1 Å². The van der Waals surface area contributed by atoms with E-state index in [1.165, 1.54) is 0 Å². The highest BCUT2D eigenvalue weighted by atomic mass is 35.5. The lowest BCUT2D eigenvalue weighted by Gasteiger charge is -2.14. The van der Waals surface area contributed by atoms with Gasteiger partial charge in [-0.25, -0.2) is 9.97 Å². The van der Waals surface area contributed by atoms with Gasteiger partial charge in [0.1, 0.15) is 0 Å². The Hall–Kier alpha value is -1.94. The lowest BCUT2D eigenvalue weighted by atomic mass is 9.96. The summed E-state index contributed by atoms with van der Waals surface area (Å²) in [5, 5.41) is 3.37. The number of hydrogen-bond acceptors (Lipinski definition) is 3. The first-order chi connectivity index (χ1) is 9.20. The first-order valence-electron chi connectivity index (χ1n) is 6.04. The molecule has 1 N–H and O–H groups in total. The zero-order valence-electron chi connectivity index (χ0n) is 10.5. The molecule has 0 radical (unpaired) electrons. The second-order valence-electron chi connectivity index (χ2n) is 4.07. The Labute approximate surface area is 116 Å². The van der Waals surface area contributed by atoms with Crippen LogP contribution in [0, 0.1) is 0 Å². The second-order valence-corrected chi connectivity index (χ2v) is 4.51. The predicted octanol–water partition coefficient (Wildman–Crippen LogP) is 3.26. The minimum atomic E-state index is -0.235. The zero-order chi connectivity index (χ0) is 13.7. The van der Waals surface area contributed by atoms with Gasteiger partial charge in [0.25, 0.3) is 0 Å². The number of nitrogens with one attached hydrogen (secondary N) is 1. The van der Waals surface area contributed by atoms with Crippen LogP contribution in [0.3, 0.4) is 0 Å². The fraction of sp³-hybridized carbons (Fsp3) is 0.214. The molecule has 2 rings (SSSR count). The van der Waals surface area contributed by atoms with E-state index in [4.69, 9.17) is 11.6 Å². The van der Waals surface area contributed by atoms with Gasteiger partial charge in [-0.15, -0.1) is 0 Å². The number of aromatic nitrogens is 2. The minimum Gasteiger partial charge on any atom is -0.294 e. The third-order valence-electron chi connectivity index (χ3n) is 2.80. The van der Waals surface area contributed by atoms with E-state index in [0.717, 1.165) is 5.56 Å². The van der Waals surface area contributed by atoms with Crippen LogP contribution in [0.1, 0.15) is 24.8 Å². The van der Waals surface area contributed by atoms with Crippen LogP contribution in [0.4, 0.5) is 5.95 Å². The SMILES string of the molecule is CCC(C(=O)Nc1ncccn1)c1ccc(Cl)cc1. The van der Waals surface area contributed by atoms with Crippen molar-refractivity contribution in [3.63, 3.8) is 0 Å². The zero-order valence-corrected chi connectivity index (χ0v) is 11.3. The molecule has 0 bridgehead atoms. The molecule has 19 heavy (non-hydrogen) atoms. The molecule has 1 amide bonds. The van der Waals surface area contributed by atoms with Crippen molar-refractivity contribution in [1.29, 1.82) is 0 Å². The maximum absolute atomic E-state index is 12.2. The third kappa shape index (κ3) is 3.51. The van der Waals surface area contributed by atoms with Crippen molar-refractivity contribution < 1.29 is 4.79 Å². The average Bonchev–Trinajstić information content (AvgIpc) is 2.43. The molecule has 98 valence electrons. The summed E-state index contributed by atoms with van der Waals surface area (Å²) in [6.07, 6.45) is 3.87. The van der Waals surface area contributed by atoms with Crippen LogP contribution in [0.15, 0.2) is 42.7 Å². The Morgan fingerprint density at radius 2 is 1.89 bits per heavy atom. The number of hydrogen-bond donors (Lipinski definition) is 1. The Morgan fingerprint density at radius 3 is 2.47 bits per heavy atom. The number of nitrogens with zero attached hydrogens (tertiary/aromatic N) is 2. The molecule has 1 atom stereocenters. The summed E-state index contributed by atoms with van der Waals surface area (Å²) in [4.78, 5) is 20.2. The average molecular weight is 276 g/mol. The Kier molecular flexibility index (Phi) is 4.47. The number of rotatable bonds is 4. The summed E-state index contributed by atoms with van der Waals surface area (Å²) < 4.78 is 0. The van der Waals surface area contributed by atoms with Crippen LogP contribution in [-0.4, -0.2) is 15.9 Å². The normalized spacial score (nSPS) is 11.9. The van der Waals surface area contributed by atoms with Crippen molar-refractivity contribution in [2.24, 2.45) is 0 Å². The van der Waals surface area contributed by atoms with E-state index >= 15 is 0 Å². The van der Waals surface area contributed by atoms with Crippen molar-refractivity contribution in [2.75, 3.05) is 5.32 Å². The molecule has 2 aromatic rings. The van der Waals surface area contributed by atoms with Gasteiger partial charge in [-0.05, 0) is 30.2 Å². The van der Waals surface area contributed by atoms with Crippen LogP contribution in [-0.2, 0) is 4.79 Å². The molecule has 0 aliphatic heterocycles. The Balaban J connectivity index is 2.13. The Bertz CT molecular complexity index is 542. The quantitative estimate of drug-likeness (QED) is 0.932. The molecule has 0 aliphatic carbocycles. The Morgan fingerprint density at radius 1 is 1.26 bits per heavy atom. The van der Waals surface area contributed by atoms with Gasteiger partial charge in [0, 0.05) is 17.4 Å². The van der Waals surface area contributed by atoms with Crippen molar-refractivity contribution in [2.45, 2.75) is 19.3 Å². The van der Waals surface area contributed by atoms with Crippen LogP contribution < -0.4 is 5.32 Å². The van der Waals surface area contributed by atoms with Gasteiger partial charge in [0.2, 0.25) is 11.9 Å². The number of amides is 1. The van der Waals surface area contributed by atoms with E-state index < -0.39 is 0 Å². The van der Waals surface area contributed by atoms with Gasteiger partial charge < -0.3 is 0 Å². The lowest BCUT2D eigenvalue weighted by molar-refractivity contribution is -0.117. The number of carbonyl (C=O) groups excluding carboxylic acids is 1. The highest BCUT2D eigenvalue weighted by Gasteiger charge is 2.19. The molecule has 1 unspecified atom stereocenters. The summed E-state index contributed by atoms with van der Waals surface area (Å²) in [6, 6.07) is 8.99. The molecule has 0 aliphatic rings. The molecule has 1 aromatic carbocycles. The predicted molar refractivity (Wildman–Crippen MR) is 75.1 cm³/mol. The van der Waals surface area contributed by atoms with Gasteiger partial charge in [0.05, 0.1) is 5.92 Å². The fourth-order valence-electron chi connectivity index (χ4n) is 1.83. The number of benzene rings is 1. The number of anilines is 1. The van der Waals surface area contributed by atoms with Crippen molar-refractivity contribution in [3.8, 4) is 0 Å². The molecular formula is C14H14ClN3O. The molecule has 0 saturated heterocycles. The highest BCUT2D eigenvalue weighted by Crippen LogP contribution is 2.22. The molecular weight excluding hydrogens is 262 g/mol. The molecule has 1 heterocycles. The van der Waals surface area contributed by atoms with E-state index in [-0.39, 0.29) is 11.8 Å². The summed E-state index contributed by atoms with van der Waals surface area (Å²) in [6.45, 7) is 1.96. The van der Waals surface area contributed by atoms with Gasteiger partial charge in [0.15, 0.2) is 0 Å². The molecule has 5 heteroatoms. The van der Waals surface area contributed by atoms with E-state index in [1.54, 1.807) is 30.6 Å². The first kappa shape index (κ1) is 13.5. The maximum atomic E-state index is 12.2. The summed E-state index contributed by atoms with van der Waals surface area (Å²) in [7, 11) is 0. The number of halogens is 1. The van der Waals surface area contributed by atoms with E-state index in [0.29, 0.717) is 17.4 Å². The maximum Gasteiger partial charge on any atom is 0.234 e. The minimum absolute atomic E-state index is 0.115. The standard InChI is InChI=1S/C14H14ClN3O/c1-2-12(10-4-6-11(15)7-5-10)13(19)18-14-16-8-3-9-17-14/h3-9,12H,2H2,1H3,(H,16,17,18,19). The van der Waals surface area contributed by atoms with Gasteiger partial charge in [-0.3, -0.25) is 10.1 Å². The van der Waals surface area contributed by atoms with Crippen LogP contribution in [0.5, 0.6) is 0 Å². The topological polar surface area (TPSA) is 54.9 Å². The van der Waals surface area contributed by atoms with Crippen LogP contribution in [0.2, 0.25) is 5.02 Å². The molecule has 0 saturated carbocycles. The fourth-order valence-corrected chi connectivity index (χ4v) is 1.95. The summed E-state index contributed by atoms with van der Waals surface area (Å²) in [5.41, 5.74) is 0.931. The first-order valence-corrected chi connectivity index (χ1v) is 6.42. The van der Waals surface area contributed by atoms with E-state index in [2.05, 4.69) is 15.3 Å². The van der Waals surface area contributed by atoms with Crippen LogP contribution >= 0.6 is 11.6 Å². The van der Waals surface area contributed by atoms with Crippen molar-refractivity contribution in [3.05, 3.63) is 53.3 Å². The van der Waals surface area contributed by atoms with E-state index in [9.17, 15) is 4.79 Å². The number of carbonyl (C=O) groups is 1. The summed E-state index contributed by atoms with van der Waals surface area (Å²) >= 11 is 5.85. The molecule has 1 aromatic heterocycles. The van der Waals surface area contributed by atoms with Gasteiger partial charge in [-0.2, -0.15) is 0 Å². The third-order valence-corrected chi connectivity index (χ3v) is 3.05. The van der Waals surface area contributed by atoms with Crippen molar-refractivity contribution in [1.82, 2.24) is 9.97 Å². The highest BCUT2D eigenvalue weighted by molar-refractivity contribution is 6.30. The lowest BCUT2D eigenvalue weighted by Crippen LogP contribution is -2.21. The smallest absolute Gasteiger partial charge is 0.234 e. The monoisotopic (exact) mass is 275 g/mol. The molecule has 0 fully saturated rings. The van der Waals surface area contributed by atoms with Gasteiger partial charge >= 0.3 is 0 Å². The molecule has 0 spiro atoms. The second kappa shape index (κ2) is 6.29. The van der Waals surface area contributed by atoms with Crippen molar-refractivity contribution >= 4 is 23.5 Å².